The molecule has 3 aromatic rings. The number of para-hydroxylation sites is 2. The van der Waals surface area contributed by atoms with Crippen molar-refractivity contribution in [3.05, 3.63) is 90.5 Å². The highest BCUT2D eigenvalue weighted by Crippen LogP contribution is 2.36. The number of ether oxygens (including phenoxy) is 1. The summed E-state index contributed by atoms with van der Waals surface area (Å²) in [5.74, 6) is 0.0135. The fraction of sp³-hybridized carbons (Fsp3) is 0.208. The van der Waals surface area contributed by atoms with Crippen LogP contribution in [0, 0.1) is 0 Å². The van der Waals surface area contributed by atoms with Gasteiger partial charge in [0.1, 0.15) is 5.75 Å². The third kappa shape index (κ3) is 4.27. The van der Waals surface area contributed by atoms with Gasteiger partial charge in [0.15, 0.2) is 6.10 Å². The number of nitrogens with zero attached hydrogens (tertiary/aromatic N) is 1. The van der Waals surface area contributed by atoms with E-state index in [1.165, 1.54) is 4.31 Å². The first-order valence-electron chi connectivity index (χ1n) is 10.2. The minimum atomic E-state index is -3.85. The molecule has 6 nitrogen and oxygen atoms in total. The third-order valence-corrected chi connectivity index (χ3v) is 7.08. The zero-order valence-electron chi connectivity index (χ0n) is 17.1. The molecule has 3 aromatic carbocycles. The van der Waals surface area contributed by atoms with E-state index in [9.17, 15) is 13.2 Å². The first kappa shape index (κ1) is 20.9. The molecule has 0 unspecified atom stereocenters. The van der Waals surface area contributed by atoms with Crippen LogP contribution in [0.4, 0.5) is 5.69 Å². The van der Waals surface area contributed by atoms with Gasteiger partial charge in [-0.1, -0.05) is 67.6 Å². The van der Waals surface area contributed by atoms with Crippen LogP contribution in [-0.2, 0) is 14.8 Å². The summed E-state index contributed by atoms with van der Waals surface area (Å²) in [7, 11) is -3.85. The minimum absolute atomic E-state index is 0.106. The molecule has 1 N–H and O–H groups in total. The molecule has 0 spiro atoms. The van der Waals surface area contributed by atoms with Gasteiger partial charge in [-0.15, -0.1) is 0 Å². The van der Waals surface area contributed by atoms with Gasteiger partial charge in [-0.3, -0.25) is 9.10 Å². The van der Waals surface area contributed by atoms with Gasteiger partial charge in [0, 0.05) is 0 Å². The van der Waals surface area contributed by atoms with Gasteiger partial charge in [0.2, 0.25) is 0 Å². The maximum absolute atomic E-state index is 13.4. The summed E-state index contributed by atoms with van der Waals surface area (Å²) in [5.41, 5.74) is 1.41. The van der Waals surface area contributed by atoms with Gasteiger partial charge in [-0.25, -0.2) is 8.42 Å². The van der Waals surface area contributed by atoms with E-state index in [2.05, 4.69) is 5.32 Å². The molecule has 1 amide bonds. The SMILES string of the molecule is CC[C@@H](NC(=O)[C@@H]1CN(S(=O)(=O)c2ccccc2)c2ccccc2O1)c1ccccc1. The third-order valence-electron chi connectivity index (χ3n) is 5.29. The maximum atomic E-state index is 13.4. The fourth-order valence-corrected chi connectivity index (χ4v) is 5.15. The molecule has 160 valence electrons. The van der Waals surface area contributed by atoms with E-state index in [-0.39, 0.29) is 23.4 Å². The average molecular weight is 437 g/mol. The van der Waals surface area contributed by atoms with Crippen molar-refractivity contribution < 1.29 is 17.9 Å². The molecule has 31 heavy (non-hydrogen) atoms. The highest BCUT2D eigenvalue weighted by Gasteiger charge is 2.37. The van der Waals surface area contributed by atoms with E-state index in [0.717, 1.165) is 5.56 Å². The van der Waals surface area contributed by atoms with Crippen molar-refractivity contribution in [2.75, 3.05) is 10.8 Å². The zero-order chi connectivity index (χ0) is 21.8. The smallest absolute Gasteiger partial charge is 0.264 e. The van der Waals surface area contributed by atoms with Crippen LogP contribution in [0.25, 0.3) is 0 Å². The molecule has 0 saturated carbocycles. The number of hydrogen-bond acceptors (Lipinski definition) is 4. The van der Waals surface area contributed by atoms with Crippen molar-refractivity contribution in [2.24, 2.45) is 0 Å². The molecule has 0 saturated heterocycles. The molecule has 0 aromatic heterocycles. The van der Waals surface area contributed by atoms with Crippen LogP contribution in [0.3, 0.4) is 0 Å². The Morgan fingerprint density at radius 2 is 1.61 bits per heavy atom. The Balaban J connectivity index is 1.63. The molecule has 0 aliphatic carbocycles. The Bertz CT molecular complexity index is 1150. The van der Waals surface area contributed by atoms with Gasteiger partial charge in [0.05, 0.1) is 23.2 Å². The van der Waals surface area contributed by atoms with Crippen molar-refractivity contribution in [3.63, 3.8) is 0 Å². The second-order valence-corrected chi connectivity index (χ2v) is 9.17. The van der Waals surface area contributed by atoms with Gasteiger partial charge in [-0.05, 0) is 36.2 Å². The van der Waals surface area contributed by atoms with E-state index >= 15 is 0 Å². The molecular weight excluding hydrogens is 412 g/mol. The molecule has 2 atom stereocenters. The summed E-state index contributed by atoms with van der Waals surface area (Å²) in [6.45, 7) is 1.88. The first-order valence-corrected chi connectivity index (χ1v) is 11.6. The van der Waals surface area contributed by atoms with Crippen LogP contribution < -0.4 is 14.4 Å². The average Bonchev–Trinajstić information content (AvgIpc) is 2.82. The lowest BCUT2D eigenvalue weighted by Gasteiger charge is -2.35. The summed E-state index contributed by atoms with van der Waals surface area (Å²) in [6.07, 6.45) is -0.267. The monoisotopic (exact) mass is 436 g/mol. The van der Waals surface area contributed by atoms with Crippen molar-refractivity contribution in [1.29, 1.82) is 0 Å². The van der Waals surface area contributed by atoms with E-state index in [0.29, 0.717) is 17.9 Å². The van der Waals surface area contributed by atoms with Crippen molar-refractivity contribution in [2.45, 2.75) is 30.4 Å². The lowest BCUT2D eigenvalue weighted by atomic mass is 10.0. The van der Waals surface area contributed by atoms with E-state index in [1.807, 2.05) is 37.3 Å². The number of carbonyl (C=O) groups is 1. The van der Waals surface area contributed by atoms with Crippen LogP contribution in [-0.4, -0.2) is 27.0 Å². The molecule has 0 fully saturated rings. The Hall–Kier alpha value is -3.32. The highest BCUT2D eigenvalue weighted by molar-refractivity contribution is 7.92. The summed E-state index contributed by atoms with van der Waals surface area (Å²) in [4.78, 5) is 13.3. The number of hydrogen-bond donors (Lipinski definition) is 1. The standard InChI is InChI=1S/C24H24N2O4S/c1-2-20(18-11-5-3-6-12-18)25-24(27)23-17-26(21-15-9-10-16-22(21)30-23)31(28,29)19-13-7-4-8-14-19/h3-16,20,23H,2,17H2,1H3,(H,25,27)/t20-,23+/m1/s1. The minimum Gasteiger partial charge on any atom is -0.476 e. The quantitative estimate of drug-likeness (QED) is 0.636. The summed E-state index contributed by atoms with van der Waals surface area (Å²) in [6, 6.07) is 24.6. The van der Waals surface area contributed by atoms with Crippen LogP contribution in [0.5, 0.6) is 5.75 Å². The second-order valence-electron chi connectivity index (χ2n) is 7.30. The van der Waals surface area contributed by atoms with Gasteiger partial charge < -0.3 is 10.1 Å². The van der Waals surface area contributed by atoms with Gasteiger partial charge in [0.25, 0.3) is 15.9 Å². The number of anilines is 1. The summed E-state index contributed by atoms with van der Waals surface area (Å²) >= 11 is 0. The molecule has 1 aliphatic rings. The number of amides is 1. The molecule has 1 heterocycles. The van der Waals surface area contributed by atoms with Crippen LogP contribution in [0.15, 0.2) is 89.8 Å². The van der Waals surface area contributed by atoms with E-state index < -0.39 is 16.1 Å². The van der Waals surface area contributed by atoms with E-state index in [1.54, 1.807) is 54.6 Å². The molecular formula is C24H24N2O4S. The largest absolute Gasteiger partial charge is 0.476 e. The Labute approximate surface area is 182 Å². The van der Waals surface area contributed by atoms with Crippen molar-refractivity contribution >= 4 is 21.6 Å². The fourth-order valence-electron chi connectivity index (χ4n) is 3.66. The predicted octanol–water partition coefficient (Wildman–Crippen LogP) is 3.91. The zero-order valence-corrected chi connectivity index (χ0v) is 18.0. The summed E-state index contributed by atoms with van der Waals surface area (Å²) < 4.78 is 33.9. The van der Waals surface area contributed by atoms with Crippen LogP contribution in [0.2, 0.25) is 0 Å². The number of nitrogens with one attached hydrogen (secondary N) is 1. The Morgan fingerprint density at radius 1 is 1.00 bits per heavy atom. The molecule has 1 aliphatic heterocycles. The number of rotatable bonds is 6. The second kappa shape index (κ2) is 8.81. The topological polar surface area (TPSA) is 75.7 Å². The Kier molecular flexibility index (Phi) is 5.95. The lowest BCUT2D eigenvalue weighted by Crippen LogP contribution is -2.51. The van der Waals surface area contributed by atoms with Gasteiger partial charge in [-0.2, -0.15) is 0 Å². The number of fused-ring (bicyclic) bond motifs is 1. The highest BCUT2D eigenvalue weighted by atomic mass is 32.2. The maximum Gasteiger partial charge on any atom is 0.264 e. The van der Waals surface area contributed by atoms with Crippen molar-refractivity contribution in [3.8, 4) is 5.75 Å². The first-order chi connectivity index (χ1) is 15.0. The van der Waals surface area contributed by atoms with Crippen LogP contribution >= 0.6 is 0 Å². The molecule has 7 heteroatoms. The van der Waals surface area contributed by atoms with Crippen molar-refractivity contribution in [1.82, 2.24) is 5.32 Å². The number of benzene rings is 3. The molecule has 4 rings (SSSR count). The number of sulfonamides is 1. The number of carbonyl (C=O) groups excluding carboxylic acids is 1. The normalized spacial score (nSPS) is 16.7. The molecule has 0 radical (unpaired) electrons. The Morgan fingerprint density at radius 3 is 2.29 bits per heavy atom. The lowest BCUT2D eigenvalue weighted by molar-refractivity contribution is -0.128. The summed E-state index contributed by atoms with van der Waals surface area (Å²) in [5, 5.41) is 3.01. The van der Waals surface area contributed by atoms with Gasteiger partial charge >= 0.3 is 0 Å². The van der Waals surface area contributed by atoms with Crippen LogP contribution in [0.1, 0.15) is 24.9 Å². The predicted molar refractivity (Wildman–Crippen MR) is 119 cm³/mol. The molecule has 0 bridgehead atoms. The van der Waals surface area contributed by atoms with E-state index in [4.69, 9.17) is 4.74 Å².